The number of fused-ring (bicyclic) bond motifs is 1. The summed E-state index contributed by atoms with van der Waals surface area (Å²) in [6.45, 7) is 5.32. The molecule has 0 heterocycles. The summed E-state index contributed by atoms with van der Waals surface area (Å²) >= 11 is 0. The molecular formula is C20H19FO2. The van der Waals surface area contributed by atoms with E-state index in [2.05, 4.69) is 6.58 Å². The van der Waals surface area contributed by atoms with Crippen LogP contribution in [0.2, 0.25) is 0 Å². The van der Waals surface area contributed by atoms with Gasteiger partial charge in [0.05, 0.1) is 0 Å². The van der Waals surface area contributed by atoms with E-state index in [1.54, 1.807) is 19.1 Å². The standard InChI is InChI=1S/C20H19FO2/c1-14(2)19(22)23-20(16-8-4-3-5-9-16)12-6-7-15-13-17(21)10-11-18(15)20/h3-5,8-11,13H,1,6-7,12H2,2H3. The number of esters is 1. The molecule has 0 N–H and O–H groups in total. The van der Waals surface area contributed by atoms with Crippen LogP contribution in [0, 0.1) is 5.82 Å². The number of benzene rings is 2. The fourth-order valence-corrected chi connectivity index (χ4v) is 3.24. The highest BCUT2D eigenvalue weighted by atomic mass is 19.1. The lowest BCUT2D eigenvalue weighted by Crippen LogP contribution is -2.37. The van der Waals surface area contributed by atoms with Crippen LogP contribution in [-0.4, -0.2) is 5.97 Å². The van der Waals surface area contributed by atoms with Crippen molar-refractivity contribution in [1.82, 2.24) is 0 Å². The van der Waals surface area contributed by atoms with Gasteiger partial charge in [0.15, 0.2) is 5.60 Å². The van der Waals surface area contributed by atoms with Crippen LogP contribution in [0.1, 0.15) is 36.5 Å². The molecule has 23 heavy (non-hydrogen) atoms. The lowest BCUT2D eigenvalue weighted by molar-refractivity contribution is -0.153. The van der Waals surface area contributed by atoms with Crippen LogP contribution in [0.4, 0.5) is 4.39 Å². The van der Waals surface area contributed by atoms with Gasteiger partial charge in [-0.3, -0.25) is 0 Å². The molecule has 0 aliphatic heterocycles. The summed E-state index contributed by atoms with van der Waals surface area (Å²) in [4.78, 5) is 12.3. The first-order chi connectivity index (χ1) is 11.0. The van der Waals surface area contributed by atoms with Crippen molar-refractivity contribution in [1.29, 1.82) is 0 Å². The molecular weight excluding hydrogens is 291 g/mol. The van der Waals surface area contributed by atoms with Crippen molar-refractivity contribution in [2.24, 2.45) is 0 Å². The van der Waals surface area contributed by atoms with E-state index in [1.165, 1.54) is 6.07 Å². The van der Waals surface area contributed by atoms with Gasteiger partial charge in [-0.2, -0.15) is 0 Å². The summed E-state index contributed by atoms with van der Waals surface area (Å²) in [5, 5.41) is 0. The summed E-state index contributed by atoms with van der Waals surface area (Å²) in [5.74, 6) is -0.690. The van der Waals surface area contributed by atoms with Gasteiger partial charge in [0.25, 0.3) is 0 Å². The Hall–Kier alpha value is -2.42. The minimum atomic E-state index is -0.876. The average Bonchev–Trinajstić information content (AvgIpc) is 2.55. The summed E-state index contributed by atoms with van der Waals surface area (Å²) in [7, 11) is 0. The maximum absolute atomic E-state index is 13.6. The number of hydrogen-bond donors (Lipinski definition) is 0. The van der Waals surface area contributed by atoms with Crippen LogP contribution in [-0.2, 0) is 21.6 Å². The van der Waals surface area contributed by atoms with E-state index < -0.39 is 11.6 Å². The van der Waals surface area contributed by atoms with Gasteiger partial charge in [-0.15, -0.1) is 0 Å². The largest absolute Gasteiger partial charge is 0.446 e. The van der Waals surface area contributed by atoms with E-state index >= 15 is 0 Å². The normalized spacial score (nSPS) is 19.7. The molecule has 2 aromatic carbocycles. The second-order valence-electron chi connectivity index (χ2n) is 6.02. The zero-order valence-electron chi connectivity index (χ0n) is 13.1. The average molecular weight is 310 g/mol. The Labute approximate surface area is 135 Å². The molecule has 0 spiro atoms. The van der Waals surface area contributed by atoms with Gasteiger partial charge in [0.2, 0.25) is 0 Å². The van der Waals surface area contributed by atoms with Crippen molar-refractivity contribution in [3.8, 4) is 0 Å². The molecule has 1 aliphatic carbocycles. The van der Waals surface area contributed by atoms with Crippen LogP contribution < -0.4 is 0 Å². The quantitative estimate of drug-likeness (QED) is 0.615. The van der Waals surface area contributed by atoms with Gasteiger partial charge in [-0.05, 0) is 43.9 Å². The van der Waals surface area contributed by atoms with Gasteiger partial charge in [0.1, 0.15) is 5.82 Å². The third kappa shape index (κ3) is 2.79. The Morgan fingerprint density at radius 1 is 1.22 bits per heavy atom. The second kappa shape index (κ2) is 5.99. The SMILES string of the molecule is C=C(C)C(=O)OC1(c2ccccc2)CCCc2cc(F)ccc21. The van der Waals surface area contributed by atoms with Crippen molar-refractivity contribution in [2.75, 3.05) is 0 Å². The topological polar surface area (TPSA) is 26.3 Å². The molecule has 1 atom stereocenters. The second-order valence-corrected chi connectivity index (χ2v) is 6.02. The predicted octanol–water partition coefficient (Wildman–Crippen LogP) is 4.52. The Bertz CT molecular complexity index is 751. The van der Waals surface area contributed by atoms with Gasteiger partial charge in [-0.1, -0.05) is 43.0 Å². The first-order valence-electron chi connectivity index (χ1n) is 7.76. The van der Waals surface area contributed by atoms with Gasteiger partial charge in [0, 0.05) is 16.7 Å². The molecule has 0 saturated carbocycles. The molecule has 118 valence electrons. The van der Waals surface area contributed by atoms with E-state index in [0.29, 0.717) is 12.0 Å². The van der Waals surface area contributed by atoms with E-state index in [-0.39, 0.29) is 5.82 Å². The molecule has 0 amide bonds. The maximum atomic E-state index is 13.6. The van der Waals surface area contributed by atoms with Gasteiger partial charge in [-0.25, -0.2) is 9.18 Å². The van der Waals surface area contributed by atoms with Crippen molar-refractivity contribution in [3.63, 3.8) is 0 Å². The smallest absolute Gasteiger partial charge is 0.334 e. The van der Waals surface area contributed by atoms with Gasteiger partial charge < -0.3 is 4.74 Å². The fraction of sp³-hybridized carbons (Fsp3) is 0.250. The molecule has 0 aromatic heterocycles. The monoisotopic (exact) mass is 310 g/mol. The molecule has 1 aliphatic rings. The van der Waals surface area contributed by atoms with Crippen LogP contribution >= 0.6 is 0 Å². The third-order valence-corrected chi connectivity index (χ3v) is 4.33. The molecule has 0 saturated heterocycles. The Balaban J connectivity index is 2.18. The molecule has 0 fully saturated rings. The molecule has 1 unspecified atom stereocenters. The summed E-state index contributed by atoms with van der Waals surface area (Å²) in [5.41, 5.74) is 2.15. The molecule has 0 bridgehead atoms. The summed E-state index contributed by atoms with van der Waals surface area (Å²) in [6, 6.07) is 14.4. The minimum absolute atomic E-state index is 0.265. The Kier molecular flexibility index (Phi) is 4.03. The highest BCUT2D eigenvalue weighted by molar-refractivity contribution is 5.87. The lowest BCUT2D eigenvalue weighted by Gasteiger charge is -2.39. The minimum Gasteiger partial charge on any atom is -0.446 e. The lowest BCUT2D eigenvalue weighted by atomic mass is 9.74. The number of hydrogen-bond acceptors (Lipinski definition) is 2. The van der Waals surface area contributed by atoms with Crippen molar-refractivity contribution >= 4 is 5.97 Å². The van der Waals surface area contributed by atoms with Crippen LogP contribution in [0.3, 0.4) is 0 Å². The third-order valence-electron chi connectivity index (χ3n) is 4.33. The van der Waals surface area contributed by atoms with Crippen LogP contribution in [0.15, 0.2) is 60.7 Å². The molecule has 3 rings (SSSR count). The number of ether oxygens (including phenoxy) is 1. The van der Waals surface area contributed by atoms with Crippen molar-refractivity contribution in [2.45, 2.75) is 31.8 Å². The highest BCUT2D eigenvalue weighted by Crippen LogP contribution is 2.44. The molecule has 0 radical (unpaired) electrons. The maximum Gasteiger partial charge on any atom is 0.334 e. The zero-order chi connectivity index (χ0) is 16.4. The fourth-order valence-electron chi connectivity index (χ4n) is 3.24. The predicted molar refractivity (Wildman–Crippen MR) is 87.5 cm³/mol. The number of carbonyl (C=O) groups is 1. The van der Waals surface area contributed by atoms with Crippen molar-refractivity contribution < 1.29 is 13.9 Å². The van der Waals surface area contributed by atoms with Crippen LogP contribution in [0.5, 0.6) is 0 Å². The number of halogens is 1. The highest BCUT2D eigenvalue weighted by Gasteiger charge is 2.42. The van der Waals surface area contributed by atoms with E-state index in [0.717, 1.165) is 29.5 Å². The summed E-state index contributed by atoms with van der Waals surface area (Å²) in [6.07, 6.45) is 2.29. The summed E-state index contributed by atoms with van der Waals surface area (Å²) < 4.78 is 19.5. The van der Waals surface area contributed by atoms with Crippen LogP contribution in [0.25, 0.3) is 0 Å². The van der Waals surface area contributed by atoms with E-state index in [4.69, 9.17) is 4.74 Å². The van der Waals surface area contributed by atoms with E-state index in [1.807, 2.05) is 30.3 Å². The zero-order valence-corrected chi connectivity index (χ0v) is 13.1. The number of aryl methyl sites for hydroxylation is 1. The number of carbonyl (C=O) groups excluding carboxylic acids is 1. The Morgan fingerprint density at radius 3 is 2.65 bits per heavy atom. The molecule has 3 heteroatoms. The van der Waals surface area contributed by atoms with E-state index in [9.17, 15) is 9.18 Å². The first kappa shape index (κ1) is 15.5. The molecule has 2 aromatic rings. The Morgan fingerprint density at radius 2 is 1.96 bits per heavy atom. The van der Waals surface area contributed by atoms with Gasteiger partial charge >= 0.3 is 5.97 Å². The number of rotatable bonds is 3. The van der Waals surface area contributed by atoms with Crippen molar-refractivity contribution in [3.05, 3.63) is 83.2 Å². The molecule has 2 nitrogen and oxygen atoms in total. The first-order valence-corrected chi connectivity index (χ1v) is 7.76.